The number of amides is 1. The molecule has 0 unspecified atom stereocenters. The molecule has 0 saturated heterocycles. The Morgan fingerprint density at radius 2 is 2.09 bits per heavy atom. The molecule has 0 aliphatic heterocycles. The standard InChI is InChI=1S/C13H10N4O4S/c18-13(11-4-1-2-6-14-11)16-10-8-15-17(9-10)22(19,20)12-5-3-7-21-12/h1-9H,(H,16,18). The fraction of sp³-hybridized carbons (Fsp3) is 0. The maximum absolute atomic E-state index is 12.1. The number of pyridine rings is 1. The Balaban J connectivity index is 1.82. The summed E-state index contributed by atoms with van der Waals surface area (Å²) in [5, 5.41) is 6.00. The van der Waals surface area contributed by atoms with E-state index in [4.69, 9.17) is 4.42 Å². The Kier molecular flexibility index (Phi) is 3.47. The topological polar surface area (TPSA) is 107 Å². The van der Waals surface area contributed by atoms with E-state index in [0.717, 1.165) is 4.09 Å². The molecule has 3 aromatic rings. The van der Waals surface area contributed by atoms with Crippen LogP contribution < -0.4 is 5.32 Å². The number of carbonyl (C=O) groups is 1. The maximum atomic E-state index is 12.1. The molecule has 0 aromatic carbocycles. The second-order valence-electron chi connectivity index (χ2n) is 4.21. The Labute approximate surface area is 125 Å². The van der Waals surface area contributed by atoms with Gasteiger partial charge in [0, 0.05) is 6.20 Å². The summed E-state index contributed by atoms with van der Waals surface area (Å²) in [7, 11) is -3.90. The van der Waals surface area contributed by atoms with E-state index in [-0.39, 0.29) is 16.5 Å². The van der Waals surface area contributed by atoms with Crippen LogP contribution in [0.15, 0.2) is 64.7 Å². The highest BCUT2D eigenvalue weighted by Gasteiger charge is 2.21. The zero-order valence-corrected chi connectivity index (χ0v) is 11.9. The number of rotatable bonds is 4. The molecule has 0 aliphatic carbocycles. The zero-order valence-electron chi connectivity index (χ0n) is 11.1. The number of aromatic nitrogens is 3. The second kappa shape index (κ2) is 5.45. The number of furan rings is 1. The lowest BCUT2D eigenvalue weighted by molar-refractivity contribution is 0.102. The van der Waals surface area contributed by atoms with E-state index in [0.29, 0.717) is 0 Å². The first-order chi connectivity index (χ1) is 10.6. The van der Waals surface area contributed by atoms with Crippen molar-refractivity contribution in [1.82, 2.24) is 14.2 Å². The van der Waals surface area contributed by atoms with Gasteiger partial charge in [-0.2, -0.15) is 17.6 Å². The van der Waals surface area contributed by atoms with E-state index >= 15 is 0 Å². The minimum absolute atomic E-state index is 0.212. The second-order valence-corrected chi connectivity index (χ2v) is 5.93. The summed E-state index contributed by atoms with van der Waals surface area (Å²) in [6.45, 7) is 0. The third-order valence-electron chi connectivity index (χ3n) is 2.71. The van der Waals surface area contributed by atoms with Crippen LogP contribution in [0.2, 0.25) is 0 Å². The van der Waals surface area contributed by atoms with Crippen LogP contribution in [0.4, 0.5) is 5.69 Å². The molecular formula is C13H10N4O4S. The van der Waals surface area contributed by atoms with E-state index in [1.165, 1.54) is 37.0 Å². The number of carbonyl (C=O) groups excluding carboxylic acids is 1. The Morgan fingerprint density at radius 1 is 1.23 bits per heavy atom. The summed E-state index contributed by atoms with van der Waals surface area (Å²) in [5.41, 5.74) is 0.440. The third kappa shape index (κ3) is 2.61. The molecule has 9 heteroatoms. The molecular weight excluding hydrogens is 308 g/mol. The molecule has 0 spiro atoms. The van der Waals surface area contributed by atoms with Crippen LogP contribution in [0.25, 0.3) is 0 Å². The predicted octanol–water partition coefficient (Wildman–Crippen LogP) is 1.36. The van der Waals surface area contributed by atoms with Crippen LogP contribution >= 0.6 is 0 Å². The minimum atomic E-state index is -3.90. The summed E-state index contributed by atoms with van der Waals surface area (Å²) < 4.78 is 29.9. The molecule has 112 valence electrons. The van der Waals surface area contributed by atoms with Crippen molar-refractivity contribution in [2.75, 3.05) is 5.32 Å². The number of nitrogens with one attached hydrogen (secondary N) is 1. The normalized spacial score (nSPS) is 11.3. The van der Waals surface area contributed by atoms with Crippen LogP contribution in [0.5, 0.6) is 0 Å². The van der Waals surface area contributed by atoms with Gasteiger partial charge in [-0.25, -0.2) is 0 Å². The fourth-order valence-electron chi connectivity index (χ4n) is 1.70. The van der Waals surface area contributed by atoms with E-state index in [2.05, 4.69) is 15.4 Å². The monoisotopic (exact) mass is 318 g/mol. The zero-order chi connectivity index (χ0) is 15.6. The minimum Gasteiger partial charge on any atom is -0.451 e. The van der Waals surface area contributed by atoms with Crippen molar-refractivity contribution in [3.05, 3.63) is 60.9 Å². The average molecular weight is 318 g/mol. The molecule has 1 N–H and O–H groups in total. The van der Waals surface area contributed by atoms with Gasteiger partial charge < -0.3 is 9.73 Å². The van der Waals surface area contributed by atoms with Gasteiger partial charge in [0.05, 0.1) is 24.3 Å². The van der Waals surface area contributed by atoms with E-state index in [1.807, 2.05) is 0 Å². The molecule has 3 rings (SSSR count). The van der Waals surface area contributed by atoms with E-state index in [1.54, 1.807) is 18.2 Å². The van der Waals surface area contributed by atoms with Crippen LogP contribution in [0.3, 0.4) is 0 Å². The van der Waals surface area contributed by atoms with Crippen molar-refractivity contribution >= 4 is 21.6 Å². The Morgan fingerprint density at radius 3 is 2.77 bits per heavy atom. The molecule has 3 aromatic heterocycles. The molecule has 0 atom stereocenters. The van der Waals surface area contributed by atoms with Crippen molar-refractivity contribution in [1.29, 1.82) is 0 Å². The summed E-state index contributed by atoms with van der Waals surface area (Å²) >= 11 is 0. The summed E-state index contributed by atoms with van der Waals surface area (Å²) in [6.07, 6.45) is 5.14. The molecule has 0 bridgehead atoms. The lowest BCUT2D eigenvalue weighted by Gasteiger charge is -2.01. The number of hydrogen-bond donors (Lipinski definition) is 1. The van der Waals surface area contributed by atoms with Crippen molar-refractivity contribution in [2.24, 2.45) is 0 Å². The summed E-state index contributed by atoms with van der Waals surface area (Å²) in [6, 6.07) is 7.67. The van der Waals surface area contributed by atoms with Crippen LogP contribution in [-0.2, 0) is 10.0 Å². The number of nitrogens with zero attached hydrogens (tertiary/aromatic N) is 3. The lowest BCUT2D eigenvalue weighted by atomic mass is 10.3. The highest BCUT2D eigenvalue weighted by molar-refractivity contribution is 7.89. The smallest absolute Gasteiger partial charge is 0.316 e. The van der Waals surface area contributed by atoms with Crippen LogP contribution in [0, 0.1) is 0 Å². The largest absolute Gasteiger partial charge is 0.451 e. The first kappa shape index (κ1) is 14.0. The third-order valence-corrected chi connectivity index (χ3v) is 4.14. The molecule has 0 aliphatic rings. The first-order valence-electron chi connectivity index (χ1n) is 6.13. The molecule has 22 heavy (non-hydrogen) atoms. The summed E-state index contributed by atoms with van der Waals surface area (Å²) in [5.74, 6) is -0.462. The van der Waals surface area contributed by atoms with Gasteiger partial charge in [-0.05, 0) is 24.3 Å². The van der Waals surface area contributed by atoms with Crippen LogP contribution in [0.1, 0.15) is 10.5 Å². The van der Waals surface area contributed by atoms with Crippen molar-refractivity contribution in [3.63, 3.8) is 0 Å². The van der Waals surface area contributed by atoms with Crippen molar-refractivity contribution in [3.8, 4) is 0 Å². The molecule has 3 heterocycles. The quantitative estimate of drug-likeness (QED) is 0.778. The first-order valence-corrected chi connectivity index (χ1v) is 7.57. The van der Waals surface area contributed by atoms with E-state index in [9.17, 15) is 13.2 Å². The highest BCUT2D eigenvalue weighted by Crippen LogP contribution is 2.16. The molecule has 0 radical (unpaired) electrons. The van der Waals surface area contributed by atoms with Crippen molar-refractivity contribution in [2.45, 2.75) is 5.09 Å². The number of hydrogen-bond acceptors (Lipinski definition) is 6. The van der Waals surface area contributed by atoms with E-state index < -0.39 is 15.9 Å². The maximum Gasteiger partial charge on any atom is 0.316 e. The fourth-order valence-corrected chi connectivity index (χ4v) is 2.73. The van der Waals surface area contributed by atoms with Gasteiger partial charge in [0.1, 0.15) is 5.69 Å². The Hall–Kier alpha value is -2.94. The highest BCUT2D eigenvalue weighted by atomic mass is 32.2. The van der Waals surface area contributed by atoms with Crippen LogP contribution in [-0.4, -0.2) is 28.5 Å². The van der Waals surface area contributed by atoms with Gasteiger partial charge in [0.2, 0.25) is 5.09 Å². The SMILES string of the molecule is O=C(Nc1cnn(S(=O)(=O)c2ccco2)c1)c1ccccn1. The van der Waals surface area contributed by atoms with Crippen molar-refractivity contribution < 1.29 is 17.6 Å². The molecule has 0 fully saturated rings. The predicted molar refractivity (Wildman–Crippen MR) is 75.7 cm³/mol. The van der Waals surface area contributed by atoms with Gasteiger partial charge in [-0.1, -0.05) is 6.07 Å². The summed E-state index contributed by atoms with van der Waals surface area (Å²) in [4.78, 5) is 15.8. The van der Waals surface area contributed by atoms with Gasteiger partial charge in [0.15, 0.2) is 0 Å². The van der Waals surface area contributed by atoms with Gasteiger partial charge >= 0.3 is 10.0 Å². The van der Waals surface area contributed by atoms with Gasteiger partial charge in [-0.15, -0.1) is 0 Å². The Bertz CT molecular complexity index is 885. The molecule has 0 saturated carbocycles. The lowest BCUT2D eigenvalue weighted by Crippen LogP contribution is -2.14. The molecule has 1 amide bonds. The van der Waals surface area contributed by atoms with Gasteiger partial charge in [-0.3, -0.25) is 9.78 Å². The van der Waals surface area contributed by atoms with Gasteiger partial charge in [0.25, 0.3) is 5.91 Å². The number of anilines is 1. The molecule has 8 nitrogen and oxygen atoms in total. The average Bonchev–Trinajstić information content (AvgIpc) is 3.20.